The number of hydrogen-bond acceptors (Lipinski definition) is 5. The highest BCUT2D eigenvalue weighted by Crippen LogP contribution is 2.32. The minimum Gasteiger partial charge on any atom is -0.359 e. The van der Waals surface area contributed by atoms with E-state index in [0.717, 1.165) is 33.6 Å². The van der Waals surface area contributed by atoms with Gasteiger partial charge in [0.1, 0.15) is 6.17 Å². The Kier molecular flexibility index (Phi) is 5.83. The van der Waals surface area contributed by atoms with E-state index in [1.807, 2.05) is 54.6 Å². The number of hydrogen-bond donors (Lipinski definition) is 3. The molecule has 1 atom stereocenters. The lowest BCUT2D eigenvalue weighted by Gasteiger charge is -2.15. The molecule has 1 unspecified atom stereocenters. The van der Waals surface area contributed by atoms with Crippen molar-refractivity contribution in [1.82, 2.24) is 20.3 Å². The van der Waals surface area contributed by atoms with Gasteiger partial charge in [0.25, 0.3) is 0 Å². The van der Waals surface area contributed by atoms with Crippen molar-refractivity contribution in [3.63, 3.8) is 0 Å². The van der Waals surface area contributed by atoms with Crippen molar-refractivity contribution >= 4 is 21.4 Å². The van der Waals surface area contributed by atoms with Crippen LogP contribution in [0.3, 0.4) is 0 Å². The highest BCUT2D eigenvalue weighted by atomic mass is 32.2. The van der Waals surface area contributed by atoms with Crippen molar-refractivity contribution in [3.05, 3.63) is 101 Å². The van der Waals surface area contributed by atoms with Crippen molar-refractivity contribution in [2.24, 2.45) is 0 Å². The summed E-state index contributed by atoms with van der Waals surface area (Å²) in [5.41, 5.74) is 6.12. The van der Waals surface area contributed by atoms with Crippen LogP contribution in [0.2, 0.25) is 0 Å². The summed E-state index contributed by atoms with van der Waals surface area (Å²) in [7, 11) is -3.21. The molecule has 1 aliphatic heterocycles. The molecule has 0 aliphatic carbocycles. The maximum absolute atomic E-state index is 11.7. The molecule has 3 N–H and O–H groups in total. The van der Waals surface area contributed by atoms with Gasteiger partial charge in [-0.25, -0.2) is 13.1 Å². The van der Waals surface area contributed by atoms with E-state index in [0.29, 0.717) is 0 Å². The SMILES string of the molecule is CCS(=O)(=O)NCc1ccc(C2=C(c3ccncc3)NC(c3ccccc3)N2)cc1. The summed E-state index contributed by atoms with van der Waals surface area (Å²) in [4.78, 5) is 4.12. The standard InChI is InChI=1S/C23H24N4O2S/c1-2-30(28,29)25-16-17-8-10-18(11-9-17)21-22(19-12-14-24-15-13-19)27-23(26-21)20-6-4-3-5-7-20/h3-15,23,25-27H,2,16H2,1H3. The number of benzene rings is 2. The van der Waals surface area contributed by atoms with E-state index in [2.05, 4.69) is 32.5 Å². The molecule has 0 fully saturated rings. The molecule has 1 aromatic heterocycles. The van der Waals surface area contributed by atoms with Crippen LogP contribution in [0.25, 0.3) is 11.4 Å². The first kappa shape index (κ1) is 20.1. The van der Waals surface area contributed by atoms with Gasteiger partial charge < -0.3 is 10.6 Å². The van der Waals surface area contributed by atoms with Crippen LogP contribution in [-0.4, -0.2) is 19.2 Å². The summed E-state index contributed by atoms with van der Waals surface area (Å²) in [5, 5.41) is 7.18. The van der Waals surface area contributed by atoms with E-state index >= 15 is 0 Å². The molecular weight excluding hydrogens is 396 g/mol. The van der Waals surface area contributed by atoms with Gasteiger partial charge in [-0.1, -0.05) is 54.6 Å². The van der Waals surface area contributed by atoms with Crippen molar-refractivity contribution in [3.8, 4) is 0 Å². The summed E-state index contributed by atoms with van der Waals surface area (Å²) in [6.45, 7) is 1.91. The third-order valence-corrected chi connectivity index (χ3v) is 6.39. The second-order valence-corrected chi connectivity index (χ2v) is 9.14. The van der Waals surface area contributed by atoms with E-state index in [-0.39, 0.29) is 18.5 Å². The minimum atomic E-state index is -3.21. The Bertz CT molecular complexity index is 1130. The van der Waals surface area contributed by atoms with Gasteiger partial charge in [0.15, 0.2) is 0 Å². The van der Waals surface area contributed by atoms with Gasteiger partial charge in [0.05, 0.1) is 17.1 Å². The fourth-order valence-electron chi connectivity index (χ4n) is 3.34. The van der Waals surface area contributed by atoms with E-state index in [1.165, 1.54) is 0 Å². The van der Waals surface area contributed by atoms with Gasteiger partial charge in [0.2, 0.25) is 10.0 Å². The normalized spacial score (nSPS) is 16.2. The Balaban J connectivity index is 1.62. The number of rotatable bonds is 7. The van der Waals surface area contributed by atoms with E-state index < -0.39 is 10.0 Å². The van der Waals surface area contributed by atoms with Crippen LogP contribution in [0.5, 0.6) is 0 Å². The monoisotopic (exact) mass is 420 g/mol. The molecule has 2 heterocycles. The predicted molar refractivity (Wildman–Crippen MR) is 119 cm³/mol. The molecule has 0 radical (unpaired) electrons. The molecule has 3 aromatic rings. The Hall–Kier alpha value is -3.16. The van der Waals surface area contributed by atoms with Crippen LogP contribution in [0.4, 0.5) is 0 Å². The van der Waals surface area contributed by atoms with Gasteiger partial charge in [0, 0.05) is 24.5 Å². The lowest BCUT2D eigenvalue weighted by Crippen LogP contribution is -2.24. The van der Waals surface area contributed by atoms with E-state index in [4.69, 9.17) is 0 Å². The highest BCUT2D eigenvalue weighted by molar-refractivity contribution is 7.89. The minimum absolute atomic E-state index is 0.0413. The van der Waals surface area contributed by atoms with Gasteiger partial charge >= 0.3 is 0 Å². The highest BCUT2D eigenvalue weighted by Gasteiger charge is 2.25. The zero-order valence-electron chi connectivity index (χ0n) is 16.7. The average Bonchev–Trinajstić information content (AvgIpc) is 3.25. The molecule has 0 saturated heterocycles. The number of nitrogens with one attached hydrogen (secondary N) is 3. The number of sulfonamides is 1. The lowest BCUT2D eigenvalue weighted by atomic mass is 10.1. The smallest absolute Gasteiger partial charge is 0.211 e. The third kappa shape index (κ3) is 4.53. The van der Waals surface area contributed by atoms with Crippen LogP contribution in [0.15, 0.2) is 79.1 Å². The van der Waals surface area contributed by atoms with Crippen LogP contribution >= 0.6 is 0 Å². The summed E-state index contributed by atoms with van der Waals surface area (Å²) >= 11 is 0. The molecule has 0 spiro atoms. The van der Waals surface area contributed by atoms with Crippen molar-refractivity contribution in [2.75, 3.05) is 5.75 Å². The molecule has 6 nitrogen and oxygen atoms in total. The van der Waals surface area contributed by atoms with Crippen LogP contribution in [0, 0.1) is 0 Å². The van der Waals surface area contributed by atoms with Crippen molar-refractivity contribution in [1.29, 1.82) is 0 Å². The fraction of sp³-hybridized carbons (Fsp3) is 0.174. The first-order valence-corrected chi connectivity index (χ1v) is 11.5. The maximum atomic E-state index is 11.7. The Morgan fingerprint density at radius 1 is 0.867 bits per heavy atom. The second-order valence-electron chi connectivity index (χ2n) is 7.04. The number of aromatic nitrogens is 1. The number of pyridine rings is 1. The first-order valence-electron chi connectivity index (χ1n) is 9.85. The molecule has 7 heteroatoms. The van der Waals surface area contributed by atoms with Gasteiger partial charge in [-0.05, 0) is 35.7 Å². The molecule has 2 aromatic carbocycles. The van der Waals surface area contributed by atoms with Gasteiger partial charge in [-0.2, -0.15) is 0 Å². The average molecular weight is 421 g/mol. The van der Waals surface area contributed by atoms with Gasteiger partial charge in [-0.15, -0.1) is 0 Å². The number of nitrogens with zero attached hydrogens (tertiary/aromatic N) is 1. The quantitative estimate of drug-likeness (QED) is 0.547. The zero-order chi connectivity index (χ0) is 21.0. The summed E-state index contributed by atoms with van der Waals surface area (Å²) in [6.07, 6.45) is 3.52. The van der Waals surface area contributed by atoms with Crippen LogP contribution < -0.4 is 15.4 Å². The van der Waals surface area contributed by atoms with E-state index in [9.17, 15) is 8.42 Å². The molecular formula is C23H24N4O2S. The largest absolute Gasteiger partial charge is 0.359 e. The summed E-state index contributed by atoms with van der Waals surface area (Å²) in [5.74, 6) is 0.0731. The van der Waals surface area contributed by atoms with Crippen LogP contribution in [-0.2, 0) is 16.6 Å². The lowest BCUT2D eigenvalue weighted by molar-refractivity contribution is 0.582. The van der Waals surface area contributed by atoms with Crippen molar-refractivity contribution < 1.29 is 8.42 Å². The molecule has 4 rings (SSSR count). The molecule has 0 amide bonds. The van der Waals surface area contributed by atoms with E-state index in [1.54, 1.807) is 19.3 Å². The Morgan fingerprint density at radius 3 is 2.07 bits per heavy atom. The summed E-state index contributed by atoms with van der Waals surface area (Å²) in [6, 6.07) is 22.1. The molecule has 30 heavy (non-hydrogen) atoms. The Labute approximate surface area is 177 Å². The predicted octanol–water partition coefficient (Wildman–Crippen LogP) is 3.24. The fourth-order valence-corrected chi connectivity index (χ4v) is 3.93. The molecule has 0 saturated carbocycles. The van der Waals surface area contributed by atoms with Crippen molar-refractivity contribution in [2.45, 2.75) is 19.6 Å². The second kappa shape index (κ2) is 8.69. The molecule has 154 valence electrons. The maximum Gasteiger partial charge on any atom is 0.211 e. The first-order chi connectivity index (χ1) is 14.6. The van der Waals surface area contributed by atoms with Gasteiger partial charge in [-0.3, -0.25) is 4.98 Å². The summed E-state index contributed by atoms with van der Waals surface area (Å²) < 4.78 is 26.0. The Morgan fingerprint density at radius 2 is 1.47 bits per heavy atom. The molecule has 0 bridgehead atoms. The zero-order valence-corrected chi connectivity index (χ0v) is 17.5. The molecule has 1 aliphatic rings. The third-order valence-electron chi connectivity index (χ3n) is 5.05. The topological polar surface area (TPSA) is 83.1 Å². The van der Waals surface area contributed by atoms with Crippen LogP contribution in [0.1, 0.15) is 35.3 Å².